The molecule has 1 heterocycles. The van der Waals surface area contributed by atoms with Crippen LogP contribution in [0, 0.1) is 0 Å². The number of carbonyl (C=O) groups is 1. The van der Waals surface area contributed by atoms with Crippen molar-refractivity contribution in [1.29, 1.82) is 0 Å². The Hall–Kier alpha value is -0.820. The van der Waals surface area contributed by atoms with E-state index >= 15 is 0 Å². The molecule has 116 valence electrons. The molecule has 3 rings (SSSR count). The maximum absolute atomic E-state index is 11.9. The predicted molar refractivity (Wildman–Crippen MR) is 86.9 cm³/mol. The summed E-state index contributed by atoms with van der Waals surface area (Å²) in [6.45, 7) is 1.93. The Morgan fingerprint density at radius 1 is 1.19 bits per heavy atom. The number of hydrogen-bond acceptors (Lipinski definition) is 6. The summed E-state index contributed by atoms with van der Waals surface area (Å²) in [7, 11) is 0. The van der Waals surface area contributed by atoms with Crippen molar-refractivity contribution in [2.45, 2.75) is 73.5 Å². The van der Waals surface area contributed by atoms with Gasteiger partial charge in [-0.2, -0.15) is 0 Å². The van der Waals surface area contributed by atoms with E-state index in [4.69, 9.17) is 0 Å². The van der Waals surface area contributed by atoms with Crippen LogP contribution in [0.4, 0.5) is 5.13 Å². The van der Waals surface area contributed by atoms with Gasteiger partial charge in [-0.25, -0.2) is 0 Å². The van der Waals surface area contributed by atoms with Crippen LogP contribution < -0.4 is 10.6 Å². The number of amides is 1. The lowest BCUT2D eigenvalue weighted by Gasteiger charge is -2.21. The summed E-state index contributed by atoms with van der Waals surface area (Å²) in [5.74, 6) is 0.111. The van der Waals surface area contributed by atoms with Crippen molar-refractivity contribution in [3.63, 3.8) is 0 Å². The summed E-state index contributed by atoms with van der Waals surface area (Å²) in [4.78, 5) is 11.9. The van der Waals surface area contributed by atoms with Gasteiger partial charge >= 0.3 is 0 Å². The lowest BCUT2D eigenvalue weighted by Crippen LogP contribution is -2.32. The molecule has 1 atom stereocenters. The fourth-order valence-corrected chi connectivity index (χ4v) is 4.47. The topological polar surface area (TPSA) is 66.9 Å². The molecule has 1 amide bonds. The van der Waals surface area contributed by atoms with Crippen molar-refractivity contribution in [3.05, 3.63) is 0 Å². The minimum Gasteiger partial charge on any atom is -0.357 e. The molecule has 0 unspecified atom stereocenters. The summed E-state index contributed by atoms with van der Waals surface area (Å²) in [5, 5.41) is 15.7. The van der Waals surface area contributed by atoms with Gasteiger partial charge in [0.05, 0.1) is 5.25 Å². The number of nitrogens with one attached hydrogen (secondary N) is 2. The van der Waals surface area contributed by atoms with Gasteiger partial charge in [0.15, 0.2) is 4.34 Å². The molecule has 0 spiro atoms. The van der Waals surface area contributed by atoms with E-state index in [1.165, 1.54) is 43.9 Å². The molecule has 2 fully saturated rings. The van der Waals surface area contributed by atoms with Gasteiger partial charge in [0.2, 0.25) is 11.0 Å². The molecule has 21 heavy (non-hydrogen) atoms. The Morgan fingerprint density at radius 2 is 1.95 bits per heavy atom. The van der Waals surface area contributed by atoms with E-state index in [2.05, 4.69) is 20.8 Å². The van der Waals surface area contributed by atoms with Crippen LogP contribution in [-0.2, 0) is 4.79 Å². The lowest BCUT2D eigenvalue weighted by molar-refractivity contribution is -0.120. The minimum atomic E-state index is -0.110. The van der Waals surface area contributed by atoms with Gasteiger partial charge < -0.3 is 10.6 Å². The molecular formula is C14H22N4OS2. The molecule has 0 aromatic carbocycles. The molecule has 2 aliphatic rings. The van der Waals surface area contributed by atoms with Gasteiger partial charge in [-0.3, -0.25) is 4.79 Å². The second-order valence-corrected chi connectivity index (χ2v) is 8.46. The van der Waals surface area contributed by atoms with Gasteiger partial charge in [0, 0.05) is 12.1 Å². The van der Waals surface area contributed by atoms with Crippen LogP contribution in [0.3, 0.4) is 0 Å². The number of thioether (sulfide) groups is 1. The van der Waals surface area contributed by atoms with E-state index in [0.717, 1.165) is 22.3 Å². The first-order valence-corrected chi connectivity index (χ1v) is 9.47. The number of nitrogens with zero attached hydrogens (tertiary/aromatic N) is 2. The highest BCUT2D eigenvalue weighted by Gasteiger charge is 2.26. The van der Waals surface area contributed by atoms with Crippen molar-refractivity contribution in [2.24, 2.45) is 0 Å². The molecule has 1 aromatic heterocycles. The smallest absolute Gasteiger partial charge is 0.233 e. The molecule has 0 aliphatic heterocycles. The molecule has 2 N–H and O–H groups in total. The van der Waals surface area contributed by atoms with Crippen molar-refractivity contribution < 1.29 is 4.79 Å². The highest BCUT2D eigenvalue weighted by atomic mass is 32.2. The molecular weight excluding hydrogens is 304 g/mol. The summed E-state index contributed by atoms with van der Waals surface area (Å²) < 4.78 is 0.867. The summed E-state index contributed by atoms with van der Waals surface area (Å²) in [6, 6.07) is 0.957. The Bertz CT molecular complexity index is 483. The zero-order chi connectivity index (χ0) is 14.7. The lowest BCUT2D eigenvalue weighted by atomic mass is 9.96. The average molecular weight is 326 g/mol. The van der Waals surface area contributed by atoms with Crippen molar-refractivity contribution in [2.75, 3.05) is 5.32 Å². The van der Waals surface area contributed by atoms with Gasteiger partial charge in [-0.15, -0.1) is 10.2 Å². The summed E-state index contributed by atoms with van der Waals surface area (Å²) >= 11 is 3.05. The maximum Gasteiger partial charge on any atom is 0.233 e. The van der Waals surface area contributed by atoms with Crippen LogP contribution in [-0.4, -0.2) is 33.4 Å². The zero-order valence-corrected chi connectivity index (χ0v) is 13.9. The Labute approximate surface area is 133 Å². The third-order valence-electron chi connectivity index (χ3n) is 3.91. The third kappa shape index (κ3) is 4.57. The van der Waals surface area contributed by atoms with E-state index in [0.29, 0.717) is 12.1 Å². The van der Waals surface area contributed by atoms with E-state index in [9.17, 15) is 4.79 Å². The number of aromatic nitrogens is 2. The molecule has 0 saturated heterocycles. The highest BCUT2D eigenvalue weighted by molar-refractivity contribution is 8.02. The second-order valence-electron chi connectivity index (χ2n) is 5.90. The first-order valence-electron chi connectivity index (χ1n) is 7.78. The summed E-state index contributed by atoms with van der Waals surface area (Å²) in [6.07, 6.45) is 8.65. The van der Waals surface area contributed by atoms with Crippen LogP contribution in [0.2, 0.25) is 0 Å². The molecule has 5 nitrogen and oxygen atoms in total. The van der Waals surface area contributed by atoms with Gasteiger partial charge in [-0.1, -0.05) is 42.4 Å². The van der Waals surface area contributed by atoms with E-state index < -0.39 is 0 Å². The average Bonchev–Trinajstić information content (AvgIpc) is 3.19. The largest absolute Gasteiger partial charge is 0.357 e. The Kier molecular flexibility index (Phi) is 5.00. The zero-order valence-electron chi connectivity index (χ0n) is 12.3. The van der Waals surface area contributed by atoms with Crippen LogP contribution in [0.25, 0.3) is 0 Å². The Morgan fingerprint density at radius 3 is 2.67 bits per heavy atom. The minimum absolute atomic E-state index is 0.110. The van der Waals surface area contributed by atoms with E-state index in [-0.39, 0.29) is 11.2 Å². The number of hydrogen-bond donors (Lipinski definition) is 2. The first kappa shape index (κ1) is 15.1. The molecule has 0 bridgehead atoms. The third-order valence-corrected chi connectivity index (χ3v) is 5.95. The van der Waals surface area contributed by atoms with Crippen molar-refractivity contribution in [3.8, 4) is 0 Å². The number of rotatable bonds is 6. The van der Waals surface area contributed by atoms with Gasteiger partial charge in [0.1, 0.15) is 0 Å². The van der Waals surface area contributed by atoms with E-state index in [1.807, 2.05) is 6.92 Å². The normalized spacial score (nSPS) is 21.0. The fourth-order valence-electron chi connectivity index (χ4n) is 2.49. The van der Waals surface area contributed by atoms with Gasteiger partial charge in [0.25, 0.3) is 0 Å². The molecule has 7 heteroatoms. The monoisotopic (exact) mass is 326 g/mol. The second kappa shape index (κ2) is 6.96. The molecule has 0 radical (unpaired) electrons. The van der Waals surface area contributed by atoms with Crippen molar-refractivity contribution in [1.82, 2.24) is 15.5 Å². The summed E-state index contributed by atoms with van der Waals surface area (Å²) in [5.41, 5.74) is 0. The highest BCUT2D eigenvalue weighted by Crippen LogP contribution is 2.31. The number of anilines is 1. The molecule has 1 aromatic rings. The van der Waals surface area contributed by atoms with Gasteiger partial charge in [-0.05, 0) is 32.6 Å². The number of carbonyl (C=O) groups excluding carboxylic acids is 1. The first-order chi connectivity index (χ1) is 10.2. The van der Waals surface area contributed by atoms with E-state index in [1.54, 1.807) is 11.3 Å². The van der Waals surface area contributed by atoms with Crippen LogP contribution >= 0.6 is 23.1 Å². The molecule has 2 saturated carbocycles. The van der Waals surface area contributed by atoms with Crippen LogP contribution in [0.5, 0.6) is 0 Å². The SMILES string of the molecule is C[C@@H](Sc1nnc(NC2CCCCC2)s1)C(=O)NC1CC1. The maximum atomic E-state index is 11.9. The molecule has 2 aliphatic carbocycles. The predicted octanol–water partition coefficient (Wildman–Crippen LogP) is 3.04. The standard InChI is InChI=1S/C14H22N4OS2/c1-9(12(19)15-11-7-8-11)20-14-18-17-13(21-14)16-10-5-3-2-4-6-10/h9-11H,2-8H2,1H3,(H,15,19)(H,16,17)/t9-/m1/s1. The van der Waals surface area contributed by atoms with Crippen LogP contribution in [0.15, 0.2) is 4.34 Å². The quantitative estimate of drug-likeness (QED) is 0.787. The van der Waals surface area contributed by atoms with Crippen molar-refractivity contribution >= 4 is 34.1 Å². The fraction of sp³-hybridized carbons (Fsp3) is 0.786. The van der Waals surface area contributed by atoms with Crippen LogP contribution in [0.1, 0.15) is 51.9 Å². The Balaban J connectivity index is 1.48.